The molecule has 2 aromatic carbocycles. The summed E-state index contributed by atoms with van der Waals surface area (Å²) in [5.41, 5.74) is 1.72. The van der Waals surface area contributed by atoms with Crippen molar-refractivity contribution in [3.05, 3.63) is 39.4 Å². The highest BCUT2D eigenvalue weighted by Crippen LogP contribution is 2.56. The minimum atomic E-state index is -1.09. The molecule has 138 valence electrons. The molecule has 0 aromatic heterocycles. The molecule has 0 aliphatic carbocycles. The molecule has 0 fully saturated rings. The molecule has 2 aromatic rings. The quantitative estimate of drug-likeness (QED) is 0.604. The molecule has 8 nitrogen and oxygen atoms in total. The van der Waals surface area contributed by atoms with Gasteiger partial charge in [0.15, 0.2) is 17.2 Å². The lowest BCUT2D eigenvalue weighted by Crippen LogP contribution is -2.13. The van der Waals surface area contributed by atoms with Gasteiger partial charge in [-0.2, -0.15) is 0 Å². The Morgan fingerprint density at radius 3 is 2.59 bits per heavy atom. The molecule has 0 amide bonds. The van der Waals surface area contributed by atoms with Crippen molar-refractivity contribution in [2.75, 3.05) is 7.11 Å². The third-order valence-electron chi connectivity index (χ3n) is 5.05. The van der Waals surface area contributed by atoms with E-state index < -0.39 is 18.2 Å². The minimum Gasteiger partial charge on any atom is -0.507 e. The first kappa shape index (κ1) is 16.0. The number of aromatic hydroxyl groups is 1. The van der Waals surface area contributed by atoms with E-state index >= 15 is 0 Å². The van der Waals surface area contributed by atoms with Gasteiger partial charge in [-0.05, 0) is 25.5 Å². The molecule has 1 atom stereocenters. The average molecular weight is 370 g/mol. The molecule has 5 rings (SSSR count). The molecule has 3 aliphatic rings. The van der Waals surface area contributed by atoms with Crippen molar-refractivity contribution in [3.8, 4) is 28.7 Å². The monoisotopic (exact) mass is 370 g/mol. The maximum Gasteiger partial charge on any atom is 0.347 e. The second-order valence-corrected chi connectivity index (χ2v) is 6.54. The minimum absolute atomic E-state index is 0.0279. The van der Waals surface area contributed by atoms with E-state index in [4.69, 9.17) is 23.7 Å². The molecular weight excluding hydrogens is 356 g/mol. The highest BCUT2D eigenvalue weighted by Gasteiger charge is 2.45. The molecular formula is C19H14O8. The number of rotatable bonds is 1. The molecule has 27 heavy (non-hydrogen) atoms. The van der Waals surface area contributed by atoms with Crippen LogP contribution in [0.25, 0.3) is 0 Å². The molecule has 0 spiro atoms. The fourth-order valence-corrected chi connectivity index (χ4v) is 3.70. The summed E-state index contributed by atoms with van der Waals surface area (Å²) in [6.07, 6.45) is -1.09. The van der Waals surface area contributed by atoms with Gasteiger partial charge < -0.3 is 28.8 Å². The van der Waals surface area contributed by atoms with Crippen molar-refractivity contribution in [1.82, 2.24) is 0 Å². The highest BCUT2D eigenvalue weighted by molar-refractivity contribution is 6.02. The Kier molecular flexibility index (Phi) is 3.04. The smallest absolute Gasteiger partial charge is 0.347 e. The summed E-state index contributed by atoms with van der Waals surface area (Å²) >= 11 is 0. The molecule has 2 bridgehead atoms. The maximum absolute atomic E-state index is 12.8. The van der Waals surface area contributed by atoms with Crippen LogP contribution in [0.5, 0.6) is 28.7 Å². The van der Waals surface area contributed by atoms with Crippen LogP contribution in [0.1, 0.15) is 49.3 Å². The molecule has 0 saturated carbocycles. The number of ether oxygens (including phenoxy) is 5. The van der Waals surface area contributed by atoms with Gasteiger partial charge in [-0.3, -0.25) is 0 Å². The third-order valence-corrected chi connectivity index (χ3v) is 5.05. The average Bonchev–Trinajstić information content (AvgIpc) is 2.85. The molecule has 3 heterocycles. The van der Waals surface area contributed by atoms with Crippen molar-refractivity contribution >= 4 is 11.9 Å². The molecule has 0 unspecified atom stereocenters. The Bertz CT molecular complexity index is 1070. The number of benzene rings is 2. The van der Waals surface area contributed by atoms with Gasteiger partial charge in [0.1, 0.15) is 22.6 Å². The first-order valence-corrected chi connectivity index (χ1v) is 8.24. The van der Waals surface area contributed by atoms with E-state index in [-0.39, 0.29) is 51.9 Å². The van der Waals surface area contributed by atoms with Crippen LogP contribution in [-0.2, 0) is 16.1 Å². The fourth-order valence-electron chi connectivity index (χ4n) is 3.70. The fraction of sp³-hybridized carbons (Fsp3) is 0.263. The van der Waals surface area contributed by atoms with Gasteiger partial charge in [-0.15, -0.1) is 0 Å². The SMILES string of the molecule is COc1cc(C)c2c3c1CO[C@H]1OC(=O)c4c(O)c(C)c(c(c41)O3)OC2=O. The molecule has 8 heteroatoms. The van der Waals surface area contributed by atoms with Crippen LogP contribution in [0.4, 0.5) is 0 Å². The van der Waals surface area contributed by atoms with E-state index in [1.54, 1.807) is 13.0 Å². The third kappa shape index (κ3) is 1.90. The van der Waals surface area contributed by atoms with Crippen LogP contribution in [0.2, 0.25) is 0 Å². The Labute approximate surface area is 153 Å². The van der Waals surface area contributed by atoms with Crippen LogP contribution in [0.3, 0.4) is 0 Å². The number of hydrogen-bond acceptors (Lipinski definition) is 8. The Balaban J connectivity index is 1.91. The topological polar surface area (TPSA) is 101 Å². The number of aryl methyl sites for hydroxylation is 1. The normalized spacial score (nSPS) is 18.7. The maximum atomic E-state index is 12.8. The summed E-state index contributed by atoms with van der Waals surface area (Å²) in [4.78, 5) is 25.1. The van der Waals surface area contributed by atoms with E-state index in [9.17, 15) is 14.7 Å². The highest BCUT2D eigenvalue weighted by atomic mass is 16.7. The molecule has 0 saturated heterocycles. The number of esters is 2. The van der Waals surface area contributed by atoms with Gasteiger partial charge in [-0.1, -0.05) is 0 Å². The van der Waals surface area contributed by atoms with Gasteiger partial charge in [0.25, 0.3) is 0 Å². The predicted molar refractivity (Wildman–Crippen MR) is 88.6 cm³/mol. The number of hydrogen-bond donors (Lipinski definition) is 1. The number of phenolic OH excluding ortho intramolecular Hbond substituents is 1. The molecule has 0 radical (unpaired) electrons. The summed E-state index contributed by atoms with van der Waals surface area (Å²) in [5, 5.41) is 10.5. The second-order valence-electron chi connectivity index (χ2n) is 6.54. The van der Waals surface area contributed by atoms with Crippen molar-refractivity contribution in [3.63, 3.8) is 0 Å². The van der Waals surface area contributed by atoms with Gasteiger partial charge in [0, 0.05) is 5.56 Å². The lowest BCUT2D eigenvalue weighted by atomic mass is 10.00. The van der Waals surface area contributed by atoms with Gasteiger partial charge in [0.2, 0.25) is 6.29 Å². The van der Waals surface area contributed by atoms with Crippen LogP contribution >= 0.6 is 0 Å². The van der Waals surface area contributed by atoms with Crippen molar-refractivity contribution in [2.24, 2.45) is 0 Å². The van der Waals surface area contributed by atoms with E-state index in [0.717, 1.165) is 0 Å². The zero-order chi connectivity index (χ0) is 19.0. The Morgan fingerprint density at radius 2 is 1.85 bits per heavy atom. The zero-order valence-electron chi connectivity index (χ0n) is 14.7. The lowest BCUT2D eigenvalue weighted by Gasteiger charge is -2.23. The van der Waals surface area contributed by atoms with E-state index in [0.29, 0.717) is 16.9 Å². The predicted octanol–water partition coefficient (Wildman–Crippen LogP) is 3.04. The summed E-state index contributed by atoms with van der Waals surface area (Å²) in [5.74, 6) is -0.797. The first-order chi connectivity index (χ1) is 12.9. The summed E-state index contributed by atoms with van der Waals surface area (Å²) in [6.45, 7) is 3.24. The van der Waals surface area contributed by atoms with Gasteiger partial charge in [-0.25, -0.2) is 9.59 Å². The van der Waals surface area contributed by atoms with Gasteiger partial charge in [0.05, 0.1) is 24.8 Å². The summed E-state index contributed by atoms with van der Waals surface area (Å²) < 4.78 is 28.1. The number of carbonyl (C=O) groups is 2. The van der Waals surface area contributed by atoms with Gasteiger partial charge >= 0.3 is 11.9 Å². The summed E-state index contributed by atoms with van der Waals surface area (Å²) in [6, 6.07) is 1.69. The Hall–Kier alpha value is -3.26. The number of carbonyl (C=O) groups excluding carboxylic acids is 2. The number of methoxy groups -OCH3 is 1. The van der Waals surface area contributed by atoms with E-state index in [1.165, 1.54) is 14.0 Å². The number of phenols is 1. The van der Waals surface area contributed by atoms with Crippen LogP contribution < -0.4 is 14.2 Å². The molecule has 3 aliphatic heterocycles. The van der Waals surface area contributed by atoms with Crippen LogP contribution in [-0.4, -0.2) is 24.2 Å². The van der Waals surface area contributed by atoms with Crippen LogP contribution in [0.15, 0.2) is 6.07 Å². The Morgan fingerprint density at radius 1 is 1.07 bits per heavy atom. The van der Waals surface area contributed by atoms with E-state index in [1.807, 2.05) is 0 Å². The van der Waals surface area contributed by atoms with E-state index in [2.05, 4.69) is 0 Å². The largest absolute Gasteiger partial charge is 0.507 e. The van der Waals surface area contributed by atoms with Crippen molar-refractivity contribution in [1.29, 1.82) is 0 Å². The van der Waals surface area contributed by atoms with Crippen molar-refractivity contribution in [2.45, 2.75) is 26.7 Å². The zero-order valence-corrected chi connectivity index (χ0v) is 14.7. The lowest BCUT2D eigenvalue weighted by molar-refractivity contribution is -0.114. The summed E-state index contributed by atoms with van der Waals surface area (Å²) in [7, 11) is 1.50. The second kappa shape index (κ2) is 5.14. The van der Waals surface area contributed by atoms with Crippen molar-refractivity contribution < 1.29 is 38.4 Å². The van der Waals surface area contributed by atoms with Crippen LogP contribution in [0, 0.1) is 13.8 Å². The molecule has 1 N–H and O–H groups in total. The first-order valence-electron chi connectivity index (χ1n) is 8.24. The standard InChI is InChI=1S/C19H14O8/c1-6-4-9(23-3)8-5-24-19-12-11(18(22)27-19)13(20)7(2)14-16(12)25-15(8)10(6)17(21)26-14/h4,19-20H,5H2,1-3H3/t19-/m0/s1.